The first-order valence-corrected chi connectivity index (χ1v) is 9.63. The van der Waals surface area contributed by atoms with Crippen molar-refractivity contribution >= 4 is 17.3 Å². The van der Waals surface area contributed by atoms with Crippen molar-refractivity contribution in [1.29, 1.82) is 0 Å². The Balaban J connectivity index is 1.70. The van der Waals surface area contributed by atoms with Crippen LogP contribution in [0.25, 0.3) is 0 Å². The third-order valence-corrected chi connectivity index (χ3v) is 4.95. The fourth-order valence-electron chi connectivity index (χ4n) is 3.20. The highest BCUT2D eigenvalue weighted by Crippen LogP contribution is 2.30. The van der Waals surface area contributed by atoms with Crippen LogP contribution in [0.1, 0.15) is 42.3 Å². The number of carbonyl (C=O) groups is 1. The van der Waals surface area contributed by atoms with Crippen molar-refractivity contribution in [2.45, 2.75) is 32.8 Å². The number of nitro benzene ring substituents is 1. The first kappa shape index (κ1) is 20.8. The summed E-state index contributed by atoms with van der Waals surface area (Å²) in [5.74, 6) is -0.582. The normalized spacial score (nSPS) is 14.5. The SMILES string of the molecule is CC(C)(C)c1ccc(COC(=O)c2ccc(N3CCOCC3)c([N+](=O)[O-])c2)cc1. The molecular weight excluding hydrogens is 372 g/mol. The number of hydrogen-bond donors (Lipinski definition) is 0. The van der Waals surface area contributed by atoms with Crippen molar-refractivity contribution in [2.24, 2.45) is 0 Å². The maximum atomic E-state index is 12.4. The first-order chi connectivity index (χ1) is 13.8. The van der Waals surface area contributed by atoms with E-state index in [1.807, 2.05) is 29.2 Å². The van der Waals surface area contributed by atoms with E-state index in [1.54, 1.807) is 12.1 Å². The number of nitrogens with zero attached hydrogens (tertiary/aromatic N) is 2. The lowest BCUT2D eigenvalue weighted by Gasteiger charge is -2.28. The van der Waals surface area contributed by atoms with E-state index in [4.69, 9.17) is 9.47 Å². The van der Waals surface area contributed by atoms with Crippen molar-refractivity contribution < 1.29 is 19.2 Å². The molecule has 7 nitrogen and oxygen atoms in total. The zero-order valence-corrected chi connectivity index (χ0v) is 17.0. The number of esters is 1. The molecule has 0 aromatic heterocycles. The maximum Gasteiger partial charge on any atom is 0.338 e. The van der Waals surface area contributed by atoms with E-state index in [0.29, 0.717) is 32.0 Å². The van der Waals surface area contributed by atoms with Crippen LogP contribution in [0.15, 0.2) is 42.5 Å². The van der Waals surface area contributed by atoms with Gasteiger partial charge in [0.15, 0.2) is 0 Å². The summed E-state index contributed by atoms with van der Waals surface area (Å²) in [6.07, 6.45) is 0. The standard InChI is InChI=1S/C22H26N2O5/c1-22(2,3)18-7-4-16(5-8-18)15-29-21(25)17-6-9-19(20(14-17)24(26)27)23-10-12-28-13-11-23/h4-9,14H,10-13,15H2,1-3H3. The smallest absolute Gasteiger partial charge is 0.338 e. The molecule has 29 heavy (non-hydrogen) atoms. The minimum atomic E-state index is -0.582. The van der Waals surface area contributed by atoms with Crippen LogP contribution in [0.5, 0.6) is 0 Å². The highest BCUT2D eigenvalue weighted by Gasteiger charge is 2.24. The van der Waals surface area contributed by atoms with Crippen molar-refractivity contribution in [3.63, 3.8) is 0 Å². The molecule has 7 heteroatoms. The van der Waals surface area contributed by atoms with E-state index in [-0.39, 0.29) is 23.3 Å². The molecule has 1 fully saturated rings. The first-order valence-electron chi connectivity index (χ1n) is 9.63. The van der Waals surface area contributed by atoms with Crippen LogP contribution in [0.4, 0.5) is 11.4 Å². The van der Waals surface area contributed by atoms with Gasteiger partial charge in [0.25, 0.3) is 5.69 Å². The minimum absolute atomic E-state index is 0.0520. The summed E-state index contributed by atoms with van der Waals surface area (Å²) in [5.41, 5.74) is 2.67. The van der Waals surface area contributed by atoms with Crippen molar-refractivity contribution in [3.8, 4) is 0 Å². The molecule has 0 bridgehead atoms. The van der Waals surface area contributed by atoms with Crippen molar-refractivity contribution in [2.75, 3.05) is 31.2 Å². The van der Waals surface area contributed by atoms with E-state index >= 15 is 0 Å². The van der Waals surface area contributed by atoms with Crippen LogP contribution >= 0.6 is 0 Å². The summed E-state index contributed by atoms with van der Waals surface area (Å²) in [7, 11) is 0. The Hall–Kier alpha value is -2.93. The quantitative estimate of drug-likeness (QED) is 0.429. The number of benzene rings is 2. The molecule has 0 spiro atoms. The van der Waals surface area contributed by atoms with Gasteiger partial charge in [-0.3, -0.25) is 10.1 Å². The zero-order valence-electron chi connectivity index (χ0n) is 17.0. The van der Waals surface area contributed by atoms with Gasteiger partial charge in [0.05, 0.1) is 23.7 Å². The zero-order chi connectivity index (χ0) is 21.0. The monoisotopic (exact) mass is 398 g/mol. The molecular formula is C22H26N2O5. The molecule has 0 aliphatic carbocycles. The molecule has 1 aliphatic rings. The van der Waals surface area contributed by atoms with Crippen LogP contribution in [-0.2, 0) is 21.5 Å². The second-order valence-electron chi connectivity index (χ2n) is 8.08. The lowest BCUT2D eigenvalue weighted by Crippen LogP contribution is -2.36. The second kappa shape index (κ2) is 8.61. The Morgan fingerprint density at radius 1 is 1.14 bits per heavy atom. The molecule has 1 saturated heterocycles. The van der Waals surface area contributed by atoms with Crippen molar-refractivity contribution in [1.82, 2.24) is 0 Å². The van der Waals surface area contributed by atoms with Crippen LogP contribution in [-0.4, -0.2) is 37.2 Å². The summed E-state index contributed by atoms with van der Waals surface area (Å²) in [6, 6.07) is 12.4. The summed E-state index contributed by atoms with van der Waals surface area (Å²) in [5, 5.41) is 11.5. The number of ether oxygens (including phenoxy) is 2. The van der Waals surface area contributed by atoms with E-state index in [2.05, 4.69) is 20.8 Å². The van der Waals surface area contributed by atoms with Crippen LogP contribution in [0.2, 0.25) is 0 Å². The van der Waals surface area contributed by atoms with Gasteiger partial charge < -0.3 is 14.4 Å². The number of rotatable bonds is 5. The van der Waals surface area contributed by atoms with Gasteiger partial charge in [-0.2, -0.15) is 0 Å². The molecule has 0 radical (unpaired) electrons. The Morgan fingerprint density at radius 3 is 2.38 bits per heavy atom. The second-order valence-corrected chi connectivity index (χ2v) is 8.08. The van der Waals surface area contributed by atoms with Gasteiger partial charge in [-0.1, -0.05) is 45.0 Å². The Bertz CT molecular complexity index is 881. The lowest BCUT2D eigenvalue weighted by molar-refractivity contribution is -0.384. The fraction of sp³-hybridized carbons (Fsp3) is 0.409. The third-order valence-electron chi connectivity index (χ3n) is 4.95. The number of nitro groups is 1. The van der Waals surface area contributed by atoms with Gasteiger partial charge in [-0.05, 0) is 28.7 Å². The number of hydrogen-bond acceptors (Lipinski definition) is 6. The number of carbonyl (C=O) groups excluding carboxylic acids is 1. The molecule has 1 aliphatic heterocycles. The molecule has 0 saturated carbocycles. The molecule has 2 aromatic rings. The fourth-order valence-corrected chi connectivity index (χ4v) is 3.20. The van der Waals surface area contributed by atoms with E-state index < -0.39 is 10.9 Å². The molecule has 0 amide bonds. The summed E-state index contributed by atoms with van der Waals surface area (Å²) in [4.78, 5) is 25.4. The topological polar surface area (TPSA) is 81.9 Å². The Morgan fingerprint density at radius 2 is 1.79 bits per heavy atom. The van der Waals surface area contributed by atoms with E-state index in [0.717, 1.165) is 5.56 Å². The Kier molecular flexibility index (Phi) is 6.17. The van der Waals surface area contributed by atoms with Gasteiger partial charge in [-0.25, -0.2) is 4.79 Å². The summed E-state index contributed by atoms with van der Waals surface area (Å²) >= 11 is 0. The molecule has 0 N–H and O–H groups in total. The number of anilines is 1. The van der Waals surface area contributed by atoms with Crippen LogP contribution < -0.4 is 4.90 Å². The maximum absolute atomic E-state index is 12.4. The highest BCUT2D eigenvalue weighted by molar-refractivity contribution is 5.91. The minimum Gasteiger partial charge on any atom is -0.457 e. The molecule has 0 unspecified atom stereocenters. The van der Waals surface area contributed by atoms with Crippen LogP contribution in [0.3, 0.4) is 0 Å². The predicted octanol–water partition coefficient (Wildman–Crippen LogP) is 4.09. The van der Waals surface area contributed by atoms with E-state index in [9.17, 15) is 14.9 Å². The number of morpholine rings is 1. The van der Waals surface area contributed by atoms with E-state index in [1.165, 1.54) is 11.6 Å². The van der Waals surface area contributed by atoms with Gasteiger partial charge in [0.1, 0.15) is 12.3 Å². The van der Waals surface area contributed by atoms with Crippen molar-refractivity contribution in [3.05, 3.63) is 69.3 Å². The molecule has 0 atom stereocenters. The largest absolute Gasteiger partial charge is 0.457 e. The average Bonchev–Trinajstić information content (AvgIpc) is 2.72. The Labute approximate surface area is 170 Å². The lowest BCUT2D eigenvalue weighted by atomic mass is 9.87. The van der Waals surface area contributed by atoms with Gasteiger partial charge in [-0.15, -0.1) is 0 Å². The third kappa shape index (κ3) is 5.12. The highest BCUT2D eigenvalue weighted by atomic mass is 16.6. The molecule has 3 rings (SSSR count). The average molecular weight is 398 g/mol. The van der Waals surface area contributed by atoms with Gasteiger partial charge >= 0.3 is 5.97 Å². The summed E-state index contributed by atoms with van der Waals surface area (Å²) < 4.78 is 10.7. The van der Waals surface area contributed by atoms with Gasteiger partial charge in [0, 0.05) is 19.2 Å². The predicted molar refractivity (Wildman–Crippen MR) is 110 cm³/mol. The van der Waals surface area contributed by atoms with Gasteiger partial charge in [0.2, 0.25) is 0 Å². The molecule has 1 heterocycles. The summed E-state index contributed by atoms with van der Waals surface area (Å²) in [6.45, 7) is 8.72. The van der Waals surface area contributed by atoms with Crippen LogP contribution in [0, 0.1) is 10.1 Å². The molecule has 2 aromatic carbocycles. The molecule has 154 valence electrons.